The predicted octanol–water partition coefficient (Wildman–Crippen LogP) is 14.8. The summed E-state index contributed by atoms with van der Waals surface area (Å²) < 4.78 is 0. The SMILES string of the molecule is CC/C=C\C/C=C\C/C=C\C/C=C\CCCCCCCCCCCCCCCCCCCCCCCCCCCCC(=O)O. The Kier molecular flexibility index (Phi) is 38.0. The van der Waals surface area contributed by atoms with Crippen molar-refractivity contribution in [2.75, 3.05) is 0 Å². The van der Waals surface area contributed by atoms with E-state index >= 15 is 0 Å². The maximum atomic E-state index is 10.5. The van der Waals surface area contributed by atoms with Gasteiger partial charge in [-0.2, -0.15) is 0 Å². The Labute approximate surface area is 276 Å². The van der Waals surface area contributed by atoms with Crippen LogP contribution in [0.3, 0.4) is 0 Å². The quantitative estimate of drug-likeness (QED) is 0.0564. The number of unbranched alkanes of at least 4 members (excludes halogenated alkanes) is 26. The van der Waals surface area contributed by atoms with Crippen LogP contribution in [0.4, 0.5) is 0 Å². The van der Waals surface area contributed by atoms with E-state index in [9.17, 15) is 4.79 Å². The van der Waals surface area contributed by atoms with Gasteiger partial charge in [0.05, 0.1) is 0 Å². The van der Waals surface area contributed by atoms with Gasteiger partial charge in [0.15, 0.2) is 0 Å². The normalized spacial score (nSPS) is 12.2. The molecule has 0 aliphatic rings. The van der Waals surface area contributed by atoms with Crippen molar-refractivity contribution in [2.24, 2.45) is 0 Å². The molecule has 0 atom stereocenters. The Morgan fingerprint density at radius 2 is 0.614 bits per heavy atom. The number of rotatable bonds is 36. The van der Waals surface area contributed by atoms with E-state index < -0.39 is 5.97 Å². The maximum absolute atomic E-state index is 10.5. The third kappa shape index (κ3) is 40.4. The molecule has 0 rings (SSSR count). The molecule has 2 heteroatoms. The zero-order valence-electron chi connectivity index (χ0n) is 29.6. The summed E-state index contributed by atoms with van der Waals surface area (Å²) in [5.74, 6) is -0.650. The minimum absolute atomic E-state index is 0.343. The van der Waals surface area contributed by atoms with Gasteiger partial charge in [-0.3, -0.25) is 4.79 Å². The fourth-order valence-electron chi connectivity index (χ4n) is 5.88. The van der Waals surface area contributed by atoms with Crippen molar-refractivity contribution in [3.8, 4) is 0 Å². The van der Waals surface area contributed by atoms with E-state index in [0.717, 1.165) is 38.5 Å². The molecular weight excluding hydrogens is 536 g/mol. The van der Waals surface area contributed by atoms with Gasteiger partial charge in [-0.15, -0.1) is 0 Å². The number of hydrogen-bond donors (Lipinski definition) is 1. The molecule has 44 heavy (non-hydrogen) atoms. The molecule has 0 aromatic carbocycles. The van der Waals surface area contributed by atoms with E-state index in [2.05, 4.69) is 55.5 Å². The maximum Gasteiger partial charge on any atom is 0.303 e. The van der Waals surface area contributed by atoms with Crippen LogP contribution in [0.1, 0.15) is 212 Å². The number of aliphatic carboxylic acids is 1. The topological polar surface area (TPSA) is 37.3 Å². The van der Waals surface area contributed by atoms with Crippen LogP contribution in [0.5, 0.6) is 0 Å². The van der Waals surface area contributed by atoms with Crippen LogP contribution in [0, 0.1) is 0 Å². The van der Waals surface area contributed by atoms with Crippen LogP contribution in [0.25, 0.3) is 0 Å². The van der Waals surface area contributed by atoms with Gasteiger partial charge >= 0.3 is 5.97 Å². The number of hydrogen-bond acceptors (Lipinski definition) is 1. The van der Waals surface area contributed by atoms with Crippen LogP contribution in [0.15, 0.2) is 48.6 Å². The Hall–Kier alpha value is -1.57. The highest BCUT2D eigenvalue weighted by Crippen LogP contribution is 2.16. The predicted molar refractivity (Wildman–Crippen MR) is 198 cm³/mol. The van der Waals surface area contributed by atoms with Gasteiger partial charge < -0.3 is 5.11 Å². The van der Waals surface area contributed by atoms with Crippen molar-refractivity contribution < 1.29 is 9.90 Å². The van der Waals surface area contributed by atoms with Crippen molar-refractivity contribution in [2.45, 2.75) is 212 Å². The van der Waals surface area contributed by atoms with E-state index in [-0.39, 0.29) is 0 Å². The van der Waals surface area contributed by atoms with Gasteiger partial charge in [-0.05, 0) is 44.9 Å². The van der Waals surface area contributed by atoms with E-state index in [1.54, 1.807) is 0 Å². The average molecular weight is 613 g/mol. The van der Waals surface area contributed by atoms with Crippen molar-refractivity contribution in [3.05, 3.63) is 48.6 Å². The zero-order chi connectivity index (χ0) is 31.9. The summed E-state index contributed by atoms with van der Waals surface area (Å²) in [6.45, 7) is 2.18. The van der Waals surface area contributed by atoms with Crippen molar-refractivity contribution in [1.82, 2.24) is 0 Å². The highest BCUT2D eigenvalue weighted by molar-refractivity contribution is 5.66. The standard InChI is InChI=1S/C42H76O2/c1-2-3-4-5-6-7-8-9-10-11-12-13-14-15-16-17-18-19-20-21-22-23-24-25-26-27-28-29-30-31-32-33-34-35-36-37-38-39-40-41-42(43)44/h3-4,6-7,9-10,12-13H,2,5,8,11,14-41H2,1H3,(H,43,44)/b4-3-,7-6-,10-9-,13-12-. The molecule has 0 aliphatic heterocycles. The fraction of sp³-hybridized carbons (Fsp3) is 0.786. The fourth-order valence-corrected chi connectivity index (χ4v) is 5.88. The van der Waals surface area contributed by atoms with Gasteiger partial charge in [0.1, 0.15) is 0 Å². The van der Waals surface area contributed by atoms with Gasteiger partial charge in [0.25, 0.3) is 0 Å². The molecule has 0 unspecified atom stereocenters. The third-order valence-electron chi connectivity index (χ3n) is 8.73. The molecule has 0 spiro atoms. The molecule has 0 saturated heterocycles. The second-order valence-corrected chi connectivity index (χ2v) is 13.1. The molecular formula is C42H76O2. The summed E-state index contributed by atoms with van der Waals surface area (Å²) in [7, 11) is 0. The molecule has 0 aromatic rings. The van der Waals surface area contributed by atoms with Crippen LogP contribution < -0.4 is 0 Å². The summed E-state index contributed by atoms with van der Waals surface area (Å²) in [6.07, 6.45) is 60.0. The van der Waals surface area contributed by atoms with E-state index in [1.807, 2.05) is 0 Å². The molecule has 0 bridgehead atoms. The zero-order valence-corrected chi connectivity index (χ0v) is 29.6. The number of carboxylic acids is 1. The first-order valence-electron chi connectivity index (χ1n) is 19.6. The Bertz CT molecular complexity index is 671. The van der Waals surface area contributed by atoms with E-state index in [1.165, 1.54) is 161 Å². The second-order valence-electron chi connectivity index (χ2n) is 13.1. The van der Waals surface area contributed by atoms with Crippen LogP contribution in [-0.4, -0.2) is 11.1 Å². The van der Waals surface area contributed by atoms with Crippen molar-refractivity contribution in [3.63, 3.8) is 0 Å². The molecule has 0 amide bonds. The van der Waals surface area contributed by atoms with Gasteiger partial charge in [0.2, 0.25) is 0 Å². The van der Waals surface area contributed by atoms with Crippen LogP contribution in [0.2, 0.25) is 0 Å². The molecule has 256 valence electrons. The molecule has 0 heterocycles. The highest BCUT2D eigenvalue weighted by atomic mass is 16.4. The van der Waals surface area contributed by atoms with Gasteiger partial charge in [-0.1, -0.05) is 210 Å². The first kappa shape index (κ1) is 42.4. The largest absolute Gasteiger partial charge is 0.481 e. The summed E-state index contributed by atoms with van der Waals surface area (Å²) in [5, 5.41) is 8.64. The lowest BCUT2D eigenvalue weighted by atomic mass is 10.0. The lowest BCUT2D eigenvalue weighted by molar-refractivity contribution is -0.137. The first-order valence-corrected chi connectivity index (χ1v) is 19.6. The number of carboxylic acid groups (broad SMARTS) is 1. The number of carbonyl (C=O) groups is 1. The Balaban J connectivity index is 3.14. The van der Waals surface area contributed by atoms with Crippen LogP contribution >= 0.6 is 0 Å². The molecule has 0 saturated carbocycles. The first-order chi connectivity index (χ1) is 21.8. The van der Waals surface area contributed by atoms with E-state index in [0.29, 0.717) is 6.42 Å². The second kappa shape index (κ2) is 39.5. The van der Waals surface area contributed by atoms with Gasteiger partial charge in [0, 0.05) is 6.42 Å². The minimum atomic E-state index is -0.650. The number of allylic oxidation sites excluding steroid dienone is 8. The van der Waals surface area contributed by atoms with Crippen molar-refractivity contribution >= 4 is 5.97 Å². The average Bonchev–Trinajstić information content (AvgIpc) is 3.02. The Morgan fingerprint density at radius 3 is 0.909 bits per heavy atom. The lowest BCUT2D eigenvalue weighted by Crippen LogP contribution is -1.93. The van der Waals surface area contributed by atoms with Crippen molar-refractivity contribution in [1.29, 1.82) is 0 Å². The molecule has 0 fully saturated rings. The lowest BCUT2D eigenvalue weighted by Gasteiger charge is -2.04. The highest BCUT2D eigenvalue weighted by Gasteiger charge is 1.98. The summed E-state index contributed by atoms with van der Waals surface area (Å²) in [6, 6.07) is 0. The molecule has 0 radical (unpaired) electrons. The monoisotopic (exact) mass is 613 g/mol. The molecule has 2 nitrogen and oxygen atoms in total. The summed E-state index contributed by atoms with van der Waals surface area (Å²) in [5.41, 5.74) is 0. The summed E-state index contributed by atoms with van der Waals surface area (Å²) in [4.78, 5) is 10.5. The smallest absolute Gasteiger partial charge is 0.303 e. The van der Waals surface area contributed by atoms with Crippen LogP contribution in [-0.2, 0) is 4.79 Å². The molecule has 1 N–H and O–H groups in total. The molecule has 0 aliphatic carbocycles. The third-order valence-corrected chi connectivity index (χ3v) is 8.73. The minimum Gasteiger partial charge on any atom is -0.481 e. The Morgan fingerprint density at radius 1 is 0.364 bits per heavy atom. The summed E-state index contributed by atoms with van der Waals surface area (Å²) >= 11 is 0. The molecule has 0 aromatic heterocycles. The van der Waals surface area contributed by atoms with Gasteiger partial charge in [-0.25, -0.2) is 0 Å². The van der Waals surface area contributed by atoms with E-state index in [4.69, 9.17) is 5.11 Å².